The molecule has 1 atom stereocenters. The number of nitrogens with zero attached hydrogens (tertiary/aromatic N) is 5. The summed E-state index contributed by atoms with van der Waals surface area (Å²) < 4.78 is 1.88. The predicted octanol–water partition coefficient (Wildman–Crippen LogP) is 4.58. The second-order valence-electron chi connectivity index (χ2n) is 9.16. The SMILES string of the molecule is CCN(Cc1ccccc1)C(c1cc2cccc(C)c2[nH]c1=O)c1nnnn1C(C)(C)CC. The third-order valence-corrected chi connectivity index (χ3v) is 6.59. The number of fused-ring (bicyclic) bond motifs is 1. The van der Waals surface area contributed by atoms with Gasteiger partial charge in [0.1, 0.15) is 6.04 Å². The number of H-pyrrole nitrogens is 1. The smallest absolute Gasteiger partial charge is 0.253 e. The zero-order valence-corrected chi connectivity index (χ0v) is 20.0. The molecule has 172 valence electrons. The summed E-state index contributed by atoms with van der Waals surface area (Å²) >= 11 is 0. The summed E-state index contributed by atoms with van der Waals surface area (Å²) in [5, 5.41) is 13.9. The molecule has 7 heteroatoms. The van der Waals surface area contributed by atoms with Gasteiger partial charge < -0.3 is 4.98 Å². The third kappa shape index (κ3) is 4.46. The van der Waals surface area contributed by atoms with Gasteiger partial charge in [0.25, 0.3) is 5.56 Å². The molecule has 0 fully saturated rings. The van der Waals surface area contributed by atoms with Crippen molar-refractivity contribution < 1.29 is 0 Å². The van der Waals surface area contributed by atoms with Gasteiger partial charge in [-0.3, -0.25) is 9.69 Å². The minimum atomic E-state index is -0.398. The van der Waals surface area contributed by atoms with Gasteiger partial charge >= 0.3 is 0 Å². The molecule has 7 nitrogen and oxygen atoms in total. The molecule has 4 rings (SSSR count). The number of tetrazole rings is 1. The van der Waals surface area contributed by atoms with E-state index in [9.17, 15) is 4.79 Å². The highest BCUT2D eigenvalue weighted by Crippen LogP contribution is 2.31. The highest BCUT2D eigenvalue weighted by Gasteiger charge is 2.33. The maximum absolute atomic E-state index is 13.5. The molecule has 0 saturated heterocycles. The van der Waals surface area contributed by atoms with E-state index in [1.165, 1.54) is 5.56 Å². The molecule has 0 radical (unpaired) electrons. The third-order valence-electron chi connectivity index (χ3n) is 6.59. The summed E-state index contributed by atoms with van der Waals surface area (Å²) in [4.78, 5) is 18.8. The number of nitrogens with one attached hydrogen (secondary N) is 1. The van der Waals surface area contributed by atoms with E-state index in [0.29, 0.717) is 17.9 Å². The van der Waals surface area contributed by atoms with E-state index in [1.807, 2.05) is 54.1 Å². The standard InChI is InChI=1S/C26H32N6O/c1-6-26(4,5)32-24(28-29-30-32)23(31(7-2)17-19-13-9-8-10-14-19)21-16-20-15-11-12-18(3)22(20)27-25(21)33/h8-16,23H,6-7,17H2,1-5H3,(H,27,33). The van der Waals surface area contributed by atoms with Crippen molar-refractivity contribution in [3.8, 4) is 0 Å². The molecular formula is C26H32N6O. The fraction of sp³-hybridized carbons (Fsp3) is 0.385. The first-order valence-electron chi connectivity index (χ1n) is 11.5. The molecule has 4 aromatic rings. The lowest BCUT2D eigenvalue weighted by Gasteiger charge is -2.33. The van der Waals surface area contributed by atoms with Gasteiger partial charge in [-0.05, 0) is 66.7 Å². The molecule has 0 spiro atoms. The highest BCUT2D eigenvalue weighted by molar-refractivity contribution is 5.82. The van der Waals surface area contributed by atoms with E-state index in [0.717, 1.165) is 29.4 Å². The Morgan fingerprint density at radius 2 is 1.85 bits per heavy atom. The molecule has 1 N–H and O–H groups in total. The van der Waals surface area contributed by atoms with Gasteiger partial charge in [-0.25, -0.2) is 4.68 Å². The highest BCUT2D eigenvalue weighted by atomic mass is 16.1. The van der Waals surface area contributed by atoms with Crippen molar-refractivity contribution in [1.29, 1.82) is 0 Å². The summed E-state index contributed by atoms with van der Waals surface area (Å²) in [6.07, 6.45) is 0.857. The topological polar surface area (TPSA) is 79.7 Å². The Hall–Kier alpha value is -3.32. The second kappa shape index (κ2) is 9.27. The van der Waals surface area contributed by atoms with Crippen molar-refractivity contribution in [3.63, 3.8) is 0 Å². The number of para-hydroxylation sites is 1. The van der Waals surface area contributed by atoms with E-state index >= 15 is 0 Å². The Bertz CT molecular complexity index is 1290. The van der Waals surface area contributed by atoms with E-state index in [4.69, 9.17) is 0 Å². The minimum Gasteiger partial charge on any atom is -0.321 e. The molecular weight excluding hydrogens is 412 g/mol. The predicted molar refractivity (Wildman–Crippen MR) is 131 cm³/mol. The first kappa shape index (κ1) is 22.9. The fourth-order valence-corrected chi connectivity index (χ4v) is 4.25. The van der Waals surface area contributed by atoms with Crippen molar-refractivity contribution in [2.75, 3.05) is 6.54 Å². The van der Waals surface area contributed by atoms with Crippen LogP contribution in [0.5, 0.6) is 0 Å². The summed E-state index contributed by atoms with van der Waals surface area (Å²) in [5.74, 6) is 0.678. The number of pyridine rings is 1. The van der Waals surface area contributed by atoms with Gasteiger partial charge in [0.2, 0.25) is 0 Å². The Kier molecular flexibility index (Phi) is 6.42. The van der Waals surface area contributed by atoms with Gasteiger partial charge in [0.15, 0.2) is 5.82 Å². The van der Waals surface area contributed by atoms with Crippen LogP contribution < -0.4 is 5.56 Å². The van der Waals surface area contributed by atoms with Crippen molar-refractivity contribution in [1.82, 2.24) is 30.1 Å². The number of aromatic amines is 1. The van der Waals surface area contributed by atoms with Crippen LogP contribution in [-0.4, -0.2) is 36.6 Å². The molecule has 0 aliphatic heterocycles. The van der Waals surface area contributed by atoms with Gasteiger partial charge in [-0.15, -0.1) is 5.10 Å². The lowest BCUT2D eigenvalue weighted by Crippen LogP contribution is -2.38. The molecule has 0 aliphatic carbocycles. The fourth-order valence-electron chi connectivity index (χ4n) is 4.25. The zero-order valence-electron chi connectivity index (χ0n) is 20.0. The monoisotopic (exact) mass is 444 g/mol. The van der Waals surface area contributed by atoms with Gasteiger partial charge in [0.05, 0.1) is 11.1 Å². The first-order chi connectivity index (χ1) is 15.9. The van der Waals surface area contributed by atoms with Crippen LogP contribution in [-0.2, 0) is 12.1 Å². The number of hydrogen-bond acceptors (Lipinski definition) is 5. The Morgan fingerprint density at radius 1 is 1.09 bits per heavy atom. The zero-order chi connectivity index (χ0) is 23.6. The van der Waals surface area contributed by atoms with E-state index in [2.05, 4.69) is 65.2 Å². The van der Waals surface area contributed by atoms with Crippen LogP contribution in [0.25, 0.3) is 10.9 Å². The largest absolute Gasteiger partial charge is 0.321 e. The lowest BCUT2D eigenvalue weighted by atomic mass is 9.98. The average Bonchev–Trinajstić information content (AvgIpc) is 3.31. The van der Waals surface area contributed by atoms with Gasteiger partial charge in [-0.2, -0.15) is 0 Å². The molecule has 0 aliphatic rings. The molecule has 2 aromatic carbocycles. The first-order valence-corrected chi connectivity index (χ1v) is 11.5. The molecule has 1 unspecified atom stereocenters. The van der Waals surface area contributed by atoms with Crippen LogP contribution in [0.3, 0.4) is 0 Å². The molecule has 0 saturated carbocycles. The molecule has 2 aromatic heterocycles. The Morgan fingerprint density at radius 3 is 2.55 bits per heavy atom. The van der Waals surface area contributed by atoms with Gasteiger partial charge in [-0.1, -0.05) is 62.4 Å². The summed E-state index contributed by atoms with van der Waals surface area (Å²) in [6, 6.07) is 17.9. The second-order valence-corrected chi connectivity index (χ2v) is 9.16. The van der Waals surface area contributed by atoms with Crippen LogP contribution in [0.4, 0.5) is 0 Å². The Balaban J connectivity index is 1.93. The van der Waals surface area contributed by atoms with Crippen molar-refractivity contribution >= 4 is 10.9 Å². The lowest BCUT2D eigenvalue weighted by molar-refractivity contribution is 0.197. The van der Waals surface area contributed by atoms with E-state index in [-0.39, 0.29) is 11.1 Å². The van der Waals surface area contributed by atoms with Crippen LogP contribution >= 0.6 is 0 Å². The Labute approximate surface area is 194 Å². The van der Waals surface area contributed by atoms with Crippen molar-refractivity contribution in [3.05, 3.63) is 87.5 Å². The molecule has 33 heavy (non-hydrogen) atoms. The number of aromatic nitrogens is 5. The average molecular weight is 445 g/mol. The van der Waals surface area contributed by atoms with Crippen LogP contribution in [0.15, 0.2) is 59.4 Å². The number of hydrogen-bond donors (Lipinski definition) is 1. The van der Waals surface area contributed by atoms with E-state index < -0.39 is 6.04 Å². The van der Waals surface area contributed by atoms with Crippen molar-refractivity contribution in [2.45, 2.75) is 59.2 Å². The molecule has 2 heterocycles. The van der Waals surface area contributed by atoms with Crippen LogP contribution in [0.2, 0.25) is 0 Å². The number of aryl methyl sites for hydroxylation is 1. The van der Waals surface area contributed by atoms with E-state index in [1.54, 1.807) is 0 Å². The van der Waals surface area contributed by atoms with Crippen LogP contribution in [0.1, 0.15) is 62.7 Å². The molecule has 0 amide bonds. The number of rotatable bonds is 8. The number of benzene rings is 2. The quantitative estimate of drug-likeness (QED) is 0.430. The summed E-state index contributed by atoms with van der Waals surface area (Å²) in [5.41, 5.74) is 3.33. The minimum absolute atomic E-state index is 0.114. The van der Waals surface area contributed by atoms with Crippen molar-refractivity contribution in [2.24, 2.45) is 0 Å². The van der Waals surface area contributed by atoms with Gasteiger partial charge in [0, 0.05) is 12.1 Å². The maximum Gasteiger partial charge on any atom is 0.253 e. The molecule has 0 bridgehead atoms. The maximum atomic E-state index is 13.5. The van der Waals surface area contributed by atoms with Crippen LogP contribution in [0, 0.1) is 6.92 Å². The summed E-state index contributed by atoms with van der Waals surface area (Å²) in [6.45, 7) is 11.9. The normalized spacial score (nSPS) is 13.0. The summed E-state index contributed by atoms with van der Waals surface area (Å²) in [7, 11) is 0.